The summed E-state index contributed by atoms with van der Waals surface area (Å²) in [7, 11) is -3.53. The van der Waals surface area contributed by atoms with Crippen molar-refractivity contribution < 1.29 is 13.5 Å². The molecule has 22 heavy (non-hydrogen) atoms. The van der Waals surface area contributed by atoms with Crippen molar-refractivity contribution in [3.63, 3.8) is 0 Å². The number of rotatable bonds is 3. The van der Waals surface area contributed by atoms with Crippen LogP contribution in [-0.2, 0) is 10.0 Å². The van der Waals surface area contributed by atoms with Gasteiger partial charge in [0.05, 0.1) is 4.90 Å². The van der Waals surface area contributed by atoms with E-state index in [1.54, 1.807) is 57.2 Å². The van der Waals surface area contributed by atoms with Gasteiger partial charge in [0.2, 0.25) is 10.0 Å². The number of sulfonamides is 1. The van der Waals surface area contributed by atoms with E-state index >= 15 is 0 Å². The molecule has 0 spiro atoms. The lowest BCUT2D eigenvalue weighted by Gasteiger charge is -2.20. The molecule has 0 amide bonds. The van der Waals surface area contributed by atoms with Gasteiger partial charge in [-0.2, -0.15) is 0 Å². The standard InChI is InChI=1S/C17H21NO3S/c1-12-9-14(11-15(19)10-12)13-5-7-16(8-6-13)22(20,21)18-17(2,3)4/h5-11,18-19H,1-4H3. The smallest absolute Gasteiger partial charge is 0.241 e. The van der Waals surface area contributed by atoms with Gasteiger partial charge in [0.15, 0.2) is 0 Å². The Kier molecular flexibility index (Phi) is 4.31. The molecular formula is C17H21NO3S. The average molecular weight is 319 g/mol. The van der Waals surface area contributed by atoms with Crippen molar-refractivity contribution in [3.8, 4) is 16.9 Å². The van der Waals surface area contributed by atoms with Crippen molar-refractivity contribution in [2.45, 2.75) is 38.1 Å². The number of benzene rings is 2. The maximum Gasteiger partial charge on any atom is 0.241 e. The predicted octanol–water partition coefficient (Wildman–Crippen LogP) is 3.44. The summed E-state index contributed by atoms with van der Waals surface area (Å²) in [6.45, 7) is 7.30. The molecule has 0 aliphatic rings. The minimum atomic E-state index is -3.53. The molecule has 0 unspecified atom stereocenters. The van der Waals surface area contributed by atoms with Gasteiger partial charge in [0.1, 0.15) is 5.75 Å². The summed E-state index contributed by atoms with van der Waals surface area (Å²) in [6.07, 6.45) is 0. The van der Waals surface area contributed by atoms with E-state index < -0.39 is 15.6 Å². The largest absolute Gasteiger partial charge is 0.508 e. The Morgan fingerprint density at radius 2 is 1.55 bits per heavy atom. The Morgan fingerprint density at radius 1 is 0.955 bits per heavy atom. The molecule has 0 atom stereocenters. The quantitative estimate of drug-likeness (QED) is 0.910. The van der Waals surface area contributed by atoms with Crippen LogP contribution in [0.2, 0.25) is 0 Å². The van der Waals surface area contributed by atoms with Gasteiger partial charge in [-0.3, -0.25) is 0 Å². The van der Waals surface area contributed by atoms with E-state index in [0.717, 1.165) is 16.7 Å². The SMILES string of the molecule is Cc1cc(O)cc(-c2ccc(S(=O)(=O)NC(C)(C)C)cc2)c1. The van der Waals surface area contributed by atoms with Crippen molar-refractivity contribution >= 4 is 10.0 Å². The number of hydrogen-bond donors (Lipinski definition) is 2. The fourth-order valence-electron chi connectivity index (χ4n) is 2.22. The topological polar surface area (TPSA) is 66.4 Å². The molecule has 0 aliphatic heterocycles. The zero-order valence-electron chi connectivity index (χ0n) is 13.2. The van der Waals surface area contributed by atoms with Gasteiger partial charge in [-0.25, -0.2) is 13.1 Å². The number of aryl methyl sites for hydroxylation is 1. The summed E-state index contributed by atoms with van der Waals surface area (Å²) < 4.78 is 27.1. The summed E-state index contributed by atoms with van der Waals surface area (Å²) in [5.74, 6) is 0.195. The van der Waals surface area contributed by atoms with E-state index in [1.807, 2.05) is 13.0 Å². The third-order valence-electron chi connectivity index (χ3n) is 3.00. The Balaban J connectivity index is 2.35. The number of aromatic hydroxyl groups is 1. The number of phenolic OH excluding ortho intramolecular Hbond substituents is 1. The van der Waals surface area contributed by atoms with Gasteiger partial charge in [-0.05, 0) is 68.7 Å². The first-order valence-corrected chi connectivity index (χ1v) is 8.50. The molecule has 0 bridgehead atoms. The zero-order valence-corrected chi connectivity index (χ0v) is 14.0. The van der Waals surface area contributed by atoms with Gasteiger partial charge in [0, 0.05) is 5.54 Å². The fourth-order valence-corrected chi connectivity index (χ4v) is 3.64. The van der Waals surface area contributed by atoms with E-state index in [2.05, 4.69) is 4.72 Å². The van der Waals surface area contributed by atoms with Crippen molar-refractivity contribution in [2.75, 3.05) is 0 Å². The Labute approximate surface area is 131 Å². The summed E-state index contributed by atoms with van der Waals surface area (Å²) in [5.41, 5.74) is 2.12. The highest BCUT2D eigenvalue weighted by Crippen LogP contribution is 2.26. The first-order chi connectivity index (χ1) is 10.1. The summed E-state index contributed by atoms with van der Waals surface area (Å²) in [6, 6.07) is 11.9. The molecule has 0 radical (unpaired) electrons. The fraction of sp³-hybridized carbons (Fsp3) is 0.294. The van der Waals surface area contributed by atoms with Crippen molar-refractivity contribution in [1.82, 2.24) is 4.72 Å². The Hall–Kier alpha value is -1.85. The minimum absolute atomic E-state index is 0.195. The molecule has 0 aromatic heterocycles. The van der Waals surface area contributed by atoms with Gasteiger partial charge in [-0.15, -0.1) is 0 Å². The van der Waals surface area contributed by atoms with Crippen LogP contribution in [0.4, 0.5) is 0 Å². The van der Waals surface area contributed by atoms with Crippen LogP contribution in [-0.4, -0.2) is 19.1 Å². The highest BCUT2D eigenvalue weighted by molar-refractivity contribution is 7.89. The Morgan fingerprint density at radius 3 is 2.05 bits per heavy atom. The Bertz CT molecular complexity index is 752. The molecule has 2 aromatic rings. The van der Waals surface area contributed by atoms with Crippen LogP contribution in [0.1, 0.15) is 26.3 Å². The first kappa shape index (κ1) is 16.5. The van der Waals surface area contributed by atoms with E-state index in [9.17, 15) is 13.5 Å². The van der Waals surface area contributed by atoms with Crippen molar-refractivity contribution in [1.29, 1.82) is 0 Å². The summed E-state index contributed by atoms with van der Waals surface area (Å²) in [5, 5.41) is 9.66. The van der Waals surface area contributed by atoms with Crippen LogP contribution >= 0.6 is 0 Å². The maximum atomic E-state index is 12.3. The van der Waals surface area contributed by atoms with Gasteiger partial charge >= 0.3 is 0 Å². The van der Waals surface area contributed by atoms with Gasteiger partial charge in [0.25, 0.3) is 0 Å². The monoisotopic (exact) mass is 319 g/mol. The predicted molar refractivity (Wildman–Crippen MR) is 88.4 cm³/mol. The van der Waals surface area contributed by atoms with Crippen LogP contribution in [0.3, 0.4) is 0 Å². The van der Waals surface area contributed by atoms with Gasteiger partial charge < -0.3 is 5.11 Å². The lowest BCUT2D eigenvalue weighted by atomic mass is 10.0. The van der Waals surface area contributed by atoms with E-state index in [0.29, 0.717) is 0 Å². The highest BCUT2D eigenvalue weighted by atomic mass is 32.2. The third kappa shape index (κ3) is 4.08. The number of nitrogens with one attached hydrogen (secondary N) is 1. The molecule has 2 rings (SSSR count). The molecule has 4 nitrogen and oxygen atoms in total. The molecule has 5 heteroatoms. The second kappa shape index (κ2) is 5.74. The van der Waals surface area contributed by atoms with E-state index in [1.165, 1.54) is 0 Å². The zero-order chi connectivity index (χ0) is 16.5. The molecule has 2 aromatic carbocycles. The highest BCUT2D eigenvalue weighted by Gasteiger charge is 2.21. The molecule has 0 saturated carbocycles. The molecule has 0 fully saturated rings. The first-order valence-electron chi connectivity index (χ1n) is 7.02. The maximum absolute atomic E-state index is 12.3. The van der Waals surface area contributed by atoms with Crippen LogP contribution in [0.25, 0.3) is 11.1 Å². The lowest BCUT2D eigenvalue weighted by molar-refractivity contribution is 0.475. The number of phenols is 1. The second-order valence-electron chi connectivity index (χ2n) is 6.44. The molecule has 0 heterocycles. The van der Waals surface area contributed by atoms with E-state index in [-0.39, 0.29) is 10.6 Å². The molecule has 0 aliphatic carbocycles. The molecule has 0 saturated heterocycles. The summed E-state index contributed by atoms with van der Waals surface area (Å²) >= 11 is 0. The van der Waals surface area contributed by atoms with Crippen LogP contribution in [0.15, 0.2) is 47.4 Å². The van der Waals surface area contributed by atoms with Crippen LogP contribution in [0.5, 0.6) is 5.75 Å². The summed E-state index contributed by atoms with van der Waals surface area (Å²) in [4.78, 5) is 0.225. The van der Waals surface area contributed by atoms with E-state index in [4.69, 9.17) is 0 Å². The minimum Gasteiger partial charge on any atom is -0.508 e. The second-order valence-corrected chi connectivity index (χ2v) is 8.12. The van der Waals surface area contributed by atoms with Gasteiger partial charge in [-0.1, -0.05) is 18.2 Å². The van der Waals surface area contributed by atoms with Crippen molar-refractivity contribution in [3.05, 3.63) is 48.0 Å². The average Bonchev–Trinajstić information content (AvgIpc) is 2.35. The van der Waals surface area contributed by atoms with Crippen molar-refractivity contribution in [2.24, 2.45) is 0 Å². The van der Waals surface area contributed by atoms with Crippen LogP contribution in [0, 0.1) is 6.92 Å². The normalized spacial score (nSPS) is 12.4. The molecule has 118 valence electrons. The number of hydrogen-bond acceptors (Lipinski definition) is 3. The molecular weight excluding hydrogens is 298 g/mol. The third-order valence-corrected chi connectivity index (χ3v) is 4.77. The molecule has 2 N–H and O–H groups in total. The van der Waals surface area contributed by atoms with Crippen LogP contribution < -0.4 is 4.72 Å². The lowest BCUT2D eigenvalue weighted by Crippen LogP contribution is -2.40.